The molecule has 0 fully saturated rings. The Morgan fingerprint density at radius 3 is 1.97 bits per heavy atom. The van der Waals surface area contributed by atoms with E-state index in [9.17, 15) is 9.36 Å². The Labute approximate surface area is 209 Å². The van der Waals surface area contributed by atoms with Crippen LogP contribution in [0, 0.1) is 0 Å². The van der Waals surface area contributed by atoms with Crippen LogP contribution in [0.2, 0.25) is 0 Å². The van der Waals surface area contributed by atoms with Crippen LogP contribution in [0.15, 0.2) is 60.7 Å². The minimum absolute atomic E-state index is 0.298. The van der Waals surface area contributed by atoms with Crippen LogP contribution in [0.5, 0.6) is 5.75 Å². The summed E-state index contributed by atoms with van der Waals surface area (Å²) in [5.74, 6) is -0.108. The third kappa shape index (κ3) is 12.6. The fraction of sp³-hybridized carbons (Fsp3) is 0.519. The summed E-state index contributed by atoms with van der Waals surface area (Å²) in [6.45, 7) is -1.23. The van der Waals surface area contributed by atoms with Crippen LogP contribution in [-0.2, 0) is 20.5 Å². The maximum Gasteiger partial charge on any atom is 0.409 e. The van der Waals surface area contributed by atoms with Crippen LogP contribution in [0.1, 0.15) is 76.7 Å². The first-order valence-electron chi connectivity index (χ1n) is 12.5. The summed E-state index contributed by atoms with van der Waals surface area (Å²) in [6.07, 6.45) is 12.4. The fourth-order valence-electron chi connectivity index (χ4n) is 3.72. The Hall–Kier alpha value is -1.81. The van der Waals surface area contributed by atoms with Crippen LogP contribution in [0.25, 0.3) is 0 Å². The van der Waals surface area contributed by atoms with Crippen molar-refractivity contribution in [3.63, 3.8) is 0 Å². The molecular formula is C27H39ClNO4P. The lowest BCUT2D eigenvalue weighted by Gasteiger charge is -2.21. The third-order valence-electron chi connectivity index (χ3n) is 5.59. The van der Waals surface area contributed by atoms with E-state index < -0.39 is 18.9 Å². The number of ether oxygens (including phenoxy) is 1. The number of nitrogens with one attached hydrogen (secondary N) is 1. The Balaban J connectivity index is 1.78. The molecule has 34 heavy (non-hydrogen) atoms. The minimum Gasteiger partial charge on any atom is -0.465 e. The van der Waals surface area contributed by atoms with E-state index in [0.29, 0.717) is 18.8 Å². The fourth-order valence-corrected chi connectivity index (χ4v) is 5.33. The van der Waals surface area contributed by atoms with Gasteiger partial charge in [-0.2, -0.15) is 0 Å². The highest BCUT2D eigenvalue weighted by molar-refractivity contribution is 7.84. The molecule has 0 heterocycles. The number of hydrogen-bond donors (Lipinski definition) is 1. The van der Waals surface area contributed by atoms with Gasteiger partial charge in [0.2, 0.25) is 0 Å². The van der Waals surface area contributed by atoms with E-state index >= 15 is 0 Å². The minimum atomic E-state index is -3.81. The number of benzene rings is 2. The Kier molecular flexibility index (Phi) is 14.0. The van der Waals surface area contributed by atoms with E-state index in [1.807, 2.05) is 36.4 Å². The van der Waals surface area contributed by atoms with Gasteiger partial charge in [0.05, 0.1) is 6.61 Å². The largest absolute Gasteiger partial charge is 0.465 e. The first kappa shape index (κ1) is 28.4. The molecule has 0 spiro atoms. The van der Waals surface area contributed by atoms with E-state index in [2.05, 4.69) is 12.0 Å². The number of esters is 1. The lowest BCUT2D eigenvalue weighted by molar-refractivity contribution is -0.145. The summed E-state index contributed by atoms with van der Waals surface area (Å²) in [7, 11) is 0. The zero-order valence-electron chi connectivity index (χ0n) is 20.3. The Bertz CT molecular complexity index is 850. The van der Waals surface area contributed by atoms with Crippen LogP contribution in [-0.4, -0.2) is 18.6 Å². The topological polar surface area (TPSA) is 64.6 Å². The number of carbonyl (C=O) groups is 1. The van der Waals surface area contributed by atoms with Gasteiger partial charge in [0, 0.05) is 11.2 Å². The molecule has 0 aliphatic rings. The average Bonchev–Trinajstić information content (AvgIpc) is 2.83. The first-order chi connectivity index (χ1) is 16.5. The van der Waals surface area contributed by atoms with Crippen molar-refractivity contribution in [2.24, 2.45) is 0 Å². The highest BCUT2D eigenvalue weighted by Crippen LogP contribution is 2.48. The van der Waals surface area contributed by atoms with Gasteiger partial charge in [0.15, 0.2) is 0 Å². The SMILES string of the molecule is CCCCCCCCCCCCOC(=O)[C@H](Cc1ccccc1)NP(=O)(Cl)Oc1ccccc1. The smallest absolute Gasteiger partial charge is 0.409 e. The highest BCUT2D eigenvalue weighted by atomic mass is 35.7. The molecule has 0 saturated carbocycles. The summed E-state index contributed by atoms with van der Waals surface area (Å²) in [5.41, 5.74) is 0.910. The summed E-state index contributed by atoms with van der Waals surface area (Å²) in [6, 6.07) is 17.3. The average molecular weight is 508 g/mol. The summed E-state index contributed by atoms with van der Waals surface area (Å²) < 4.78 is 23.8. The molecule has 1 N–H and O–H groups in total. The second-order valence-electron chi connectivity index (χ2n) is 8.60. The molecule has 2 atom stereocenters. The number of hydrogen-bond acceptors (Lipinski definition) is 4. The van der Waals surface area contributed by atoms with E-state index in [-0.39, 0.29) is 0 Å². The molecule has 0 amide bonds. The number of halogens is 1. The molecule has 0 bridgehead atoms. The van der Waals surface area contributed by atoms with Gasteiger partial charge in [-0.25, -0.2) is 9.65 Å². The van der Waals surface area contributed by atoms with Crippen LogP contribution in [0.4, 0.5) is 0 Å². The zero-order chi connectivity index (χ0) is 24.5. The molecule has 1 unspecified atom stereocenters. The van der Waals surface area contributed by atoms with Crippen molar-refractivity contribution in [1.29, 1.82) is 0 Å². The van der Waals surface area contributed by atoms with Gasteiger partial charge in [-0.15, -0.1) is 0 Å². The van der Waals surface area contributed by atoms with Crippen molar-refractivity contribution >= 4 is 24.1 Å². The Morgan fingerprint density at radius 1 is 0.853 bits per heavy atom. The number of rotatable bonds is 18. The molecule has 0 aliphatic heterocycles. The Morgan fingerprint density at radius 2 is 1.38 bits per heavy atom. The van der Waals surface area contributed by atoms with Crippen molar-refractivity contribution in [2.45, 2.75) is 83.6 Å². The molecule has 7 heteroatoms. The molecule has 0 saturated heterocycles. The van der Waals surface area contributed by atoms with E-state index in [1.54, 1.807) is 24.3 Å². The first-order valence-corrected chi connectivity index (χ1v) is 15.1. The second-order valence-corrected chi connectivity index (χ2v) is 11.3. The van der Waals surface area contributed by atoms with Crippen molar-refractivity contribution in [1.82, 2.24) is 5.09 Å². The van der Waals surface area contributed by atoms with E-state index in [4.69, 9.17) is 20.5 Å². The molecule has 2 rings (SSSR count). The molecular weight excluding hydrogens is 469 g/mol. The molecule has 0 radical (unpaired) electrons. The molecule has 188 valence electrons. The van der Waals surface area contributed by atoms with Gasteiger partial charge in [-0.05, 0) is 30.5 Å². The summed E-state index contributed by atoms with van der Waals surface area (Å²) in [5, 5.41) is 2.70. The molecule has 0 aliphatic carbocycles. The van der Waals surface area contributed by atoms with Gasteiger partial charge in [0.25, 0.3) is 0 Å². The molecule has 2 aromatic carbocycles. The summed E-state index contributed by atoms with van der Waals surface area (Å²) >= 11 is 6.16. The van der Waals surface area contributed by atoms with Crippen LogP contribution >= 0.6 is 18.1 Å². The number of unbranched alkanes of at least 4 members (excludes halogenated alkanes) is 9. The number of carbonyl (C=O) groups excluding carboxylic acids is 1. The highest BCUT2D eigenvalue weighted by Gasteiger charge is 2.31. The molecule has 0 aromatic heterocycles. The molecule has 5 nitrogen and oxygen atoms in total. The number of para-hydroxylation sites is 1. The summed E-state index contributed by atoms with van der Waals surface area (Å²) in [4.78, 5) is 12.8. The predicted molar refractivity (Wildman–Crippen MR) is 140 cm³/mol. The van der Waals surface area contributed by atoms with E-state index in [0.717, 1.165) is 24.8 Å². The van der Waals surface area contributed by atoms with Crippen molar-refractivity contribution in [2.75, 3.05) is 6.61 Å². The van der Waals surface area contributed by atoms with Gasteiger partial charge in [0.1, 0.15) is 11.8 Å². The maximum absolute atomic E-state index is 12.9. The lowest BCUT2D eigenvalue weighted by Crippen LogP contribution is -2.38. The third-order valence-corrected chi connectivity index (χ3v) is 7.15. The maximum atomic E-state index is 12.9. The van der Waals surface area contributed by atoms with Gasteiger partial charge in [-0.1, -0.05) is 113 Å². The van der Waals surface area contributed by atoms with Crippen LogP contribution in [0.3, 0.4) is 0 Å². The quantitative estimate of drug-likeness (QED) is 0.125. The predicted octanol–water partition coefficient (Wildman–Crippen LogP) is 8.08. The van der Waals surface area contributed by atoms with Gasteiger partial charge < -0.3 is 9.26 Å². The van der Waals surface area contributed by atoms with Crippen LogP contribution < -0.4 is 9.61 Å². The van der Waals surface area contributed by atoms with E-state index in [1.165, 1.54) is 44.9 Å². The standard InChI is InChI=1S/C27H39ClNO4P/c1-2-3-4-5-6-7-8-9-10-17-22-32-27(30)26(23-24-18-13-11-14-19-24)29-34(28,31)33-25-20-15-12-16-21-25/h11-16,18-21,26H,2-10,17,22-23H2,1H3,(H,29,31)/t26-,34?/m0/s1. The van der Waals surface area contributed by atoms with Gasteiger partial charge >= 0.3 is 12.8 Å². The molecule has 2 aromatic rings. The normalized spacial score (nSPS) is 13.7. The van der Waals surface area contributed by atoms with Gasteiger partial charge in [-0.3, -0.25) is 4.79 Å². The van der Waals surface area contributed by atoms with Crippen molar-refractivity contribution < 1.29 is 18.6 Å². The second kappa shape index (κ2) is 16.8. The van der Waals surface area contributed by atoms with Crippen molar-refractivity contribution in [3.05, 3.63) is 66.2 Å². The lowest BCUT2D eigenvalue weighted by atomic mass is 10.1. The zero-order valence-corrected chi connectivity index (χ0v) is 21.9. The monoisotopic (exact) mass is 507 g/mol. The van der Waals surface area contributed by atoms with Crippen molar-refractivity contribution in [3.8, 4) is 5.75 Å².